The molecule has 2 atom stereocenters. The average molecular weight is 566 g/mol. The van der Waals surface area contributed by atoms with Gasteiger partial charge in [-0.05, 0) is 31.0 Å². The van der Waals surface area contributed by atoms with Crippen LogP contribution in [0, 0.1) is 12.3 Å². The highest BCUT2D eigenvalue weighted by atomic mass is 32.1. The lowest BCUT2D eigenvalue weighted by atomic mass is 9.80. The van der Waals surface area contributed by atoms with Crippen molar-refractivity contribution in [3.63, 3.8) is 0 Å². The molecule has 2 unspecified atom stereocenters. The van der Waals surface area contributed by atoms with Crippen molar-refractivity contribution in [2.45, 2.75) is 26.4 Å². The highest BCUT2D eigenvalue weighted by molar-refractivity contribution is 7.23. The number of nitrogens with one attached hydrogen (secondary N) is 1. The fraction of sp³-hybridized carbons (Fsp3) is 0.167. The molecule has 8 rings (SSSR count). The summed E-state index contributed by atoms with van der Waals surface area (Å²) in [5.41, 5.74) is 8.03. The van der Waals surface area contributed by atoms with Gasteiger partial charge in [-0.15, -0.1) is 11.3 Å². The van der Waals surface area contributed by atoms with E-state index < -0.39 is 0 Å². The maximum Gasteiger partial charge on any atom is 0.234 e. The number of aliphatic imine (C=N–C) groups is 2. The van der Waals surface area contributed by atoms with Gasteiger partial charge in [-0.2, -0.15) is 4.99 Å². The summed E-state index contributed by atoms with van der Waals surface area (Å²) in [5.74, 6) is 1.54. The SMILES string of the molecule is Cc1cn(C)c2c1-c1sc3ccccc3c1N(C1=NC(C3(C)C=CC=CC3)NC(c3ccccc3)=N1)c1ccccc1-2. The van der Waals surface area contributed by atoms with E-state index in [2.05, 4.69) is 139 Å². The summed E-state index contributed by atoms with van der Waals surface area (Å²) in [6.07, 6.45) is 11.7. The third kappa shape index (κ3) is 3.75. The zero-order valence-corrected chi connectivity index (χ0v) is 24.7. The molecule has 2 aliphatic heterocycles. The van der Waals surface area contributed by atoms with Gasteiger partial charge in [0.15, 0.2) is 0 Å². The van der Waals surface area contributed by atoms with E-state index in [0.717, 1.165) is 29.2 Å². The first-order valence-electron chi connectivity index (χ1n) is 14.4. The van der Waals surface area contributed by atoms with Gasteiger partial charge < -0.3 is 9.88 Å². The Bertz CT molecular complexity index is 1990. The Morgan fingerprint density at radius 1 is 0.952 bits per heavy atom. The van der Waals surface area contributed by atoms with Crippen LogP contribution in [-0.4, -0.2) is 22.5 Å². The minimum Gasteiger partial charge on any atom is -0.350 e. The molecular formula is C36H31N5S. The van der Waals surface area contributed by atoms with Crippen molar-refractivity contribution in [3.8, 4) is 21.7 Å². The summed E-state index contributed by atoms with van der Waals surface area (Å²) >= 11 is 1.85. The Morgan fingerprint density at radius 2 is 1.74 bits per heavy atom. The summed E-state index contributed by atoms with van der Waals surface area (Å²) in [4.78, 5) is 14.3. The number of para-hydroxylation sites is 1. The van der Waals surface area contributed by atoms with Crippen molar-refractivity contribution in [1.82, 2.24) is 9.88 Å². The van der Waals surface area contributed by atoms with Gasteiger partial charge in [0.05, 0.1) is 21.9 Å². The van der Waals surface area contributed by atoms with Crippen LogP contribution in [0.25, 0.3) is 31.8 Å². The van der Waals surface area contributed by atoms with Crippen LogP contribution >= 0.6 is 11.3 Å². The monoisotopic (exact) mass is 565 g/mol. The number of nitrogens with zero attached hydrogens (tertiary/aromatic N) is 4. The minimum absolute atomic E-state index is 0.200. The number of allylic oxidation sites excluding steroid dienone is 3. The number of guanidine groups is 1. The van der Waals surface area contributed by atoms with E-state index in [1.54, 1.807) is 0 Å². The van der Waals surface area contributed by atoms with Gasteiger partial charge in [0.25, 0.3) is 0 Å². The second-order valence-corrected chi connectivity index (χ2v) is 12.6. The summed E-state index contributed by atoms with van der Waals surface area (Å²) < 4.78 is 3.53. The Morgan fingerprint density at radius 3 is 2.57 bits per heavy atom. The van der Waals surface area contributed by atoms with Crippen molar-refractivity contribution < 1.29 is 0 Å². The molecule has 0 radical (unpaired) electrons. The lowest BCUT2D eigenvalue weighted by Crippen LogP contribution is -2.49. The first-order chi connectivity index (χ1) is 20.5. The van der Waals surface area contributed by atoms with Crippen LogP contribution in [0.1, 0.15) is 24.5 Å². The third-order valence-corrected chi connectivity index (χ3v) is 9.85. The maximum absolute atomic E-state index is 5.45. The Hall–Kier alpha value is -4.68. The number of thiophene rings is 1. The average Bonchev–Trinajstić information content (AvgIpc) is 3.49. The van der Waals surface area contributed by atoms with Crippen molar-refractivity contribution in [2.75, 3.05) is 4.90 Å². The molecular weight excluding hydrogens is 534 g/mol. The Kier molecular flexibility index (Phi) is 5.63. The van der Waals surface area contributed by atoms with E-state index in [9.17, 15) is 0 Å². The molecule has 0 saturated heterocycles. The number of rotatable bonds is 2. The summed E-state index contributed by atoms with van der Waals surface area (Å²) in [7, 11) is 2.15. The molecule has 42 heavy (non-hydrogen) atoms. The number of amidine groups is 1. The molecule has 1 aliphatic carbocycles. The number of aryl methyl sites for hydroxylation is 2. The van der Waals surface area contributed by atoms with Gasteiger partial charge in [0.1, 0.15) is 12.0 Å². The molecule has 6 heteroatoms. The lowest BCUT2D eigenvalue weighted by molar-refractivity contribution is 0.318. The number of hydrogen-bond donors (Lipinski definition) is 1. The van der Waals surface area contributed by atoms with E-state index in [0.29, 0.717) is 5.96 Å². The highest BCUT2D eigenvalue weighted by Crippen LogP contribution is 2.55. The van der Waals surface area contributed by atoms with Crippen LogP contribution in [0.5, 0.6) is 0 Å². The molecule has 0 bridgehead atoms. The standard InChI is InChI=1S/C36H31N5S/c1-23-22-40(3)30-25-16-8-10-18-27(25)41(31-26-17-9-11-19-28(26)42-32(31)29(23)30)35-38-33(24-14-6-4-7-15-24)37-34(39-35)36(2)20-12-5-13-21-36/h4-20,22,34H,21H2,1-3H3,(H,37,38,39). The van der Waals surface area contributed by atoms with Crippen LogP contribution < -0.4 is 10.2 Å². The van der Waals surface area contributed by atoms with Gasteiger partial charge in [-0.25, -0.2) is 4.99 Å². The Labute approximate surface area is 249 Å². The van der Waals surface area contributed by atoms with E-state index >= 15 is 0 Å². The smallest absolute Gasteiger partial charge is 0.234 e. The number of hydrogen-bond acceptors (Lipinski definition) is 5. The predicted molar refractivity (Wildman–Crippen MR) is 177 cm³/mol. The summed E-state index contributed by atoms with van der Waals surface area (Å²) in [6, 6.07) is 27.8. The van der Waals surface area contributed by atoms with E-state index in [1.807, 2.05) is 17.4 Å². The second-order valence-electron chi connectivity index (χ2n) is 11.6. The molecule has 1 N–H and O–H groups in total. The fourth-order valence-corrected chi connectivity index (χ4v) is 7.86. The number of fused-ring (bicyclic) bond motifs is 7. The second kappa shape index (κ2) is 9.43. The zero-order valence-electron chi connectivity index (χ0n) is 23.9. The summed E-state index contributed by atoms with van der Waals surface area (Å²) in [6.45, 7) is 4.50. The molecule has 3 aromatic carbocycles. The first-order valence-corrected chi connectivity index (χ1v) is 15.2. The molecule has 0 fully saturated rings. The molecule has 4 heterocycles. The zero-order chi connectivity index (χ0) is 28.4. The van der Waals surface area contributed by atoms with Gasteiger partial charge in [0, 0.05) is 45.4 Å². The van der Waals surface area contributed by atoms with Crippen LogP contribution in [0.4, 0.5) is 11.4 Å². The molecule has 5 nitrogen and oxygen atoms in total. The van der Waals surface area contributed by atoms with E-state index in [4.69, 9.17) is 9.98 Å². The largest absolute Gasteiger partial charge is 0.350 e. The van der Waals surface area contributed by atoms with Crippen LogP contribution in [0.3, 0.4) is 0 Å². The van der Waals surface area contributed by atoms with Crippen molar-refractivity contribution in [1.29, 1.82) is 0 Å². The Balaban J connectivity index is 1.44. The first kappa shape index (κ1) is 25.1. The molecule has 3 aliphatic rings. The normalized spacial score (nSPS) is 20.7. The number of aromatic nitrogens is 1. The van der Waals surface area contributed by atoms with Crippen LogP contribution in [-0.2, 0) is 7.05 Å². The maximum atomic E-state index is 5.45. The number of anilines is 2. The number of benzene rings is 3. The lowest BCUT2D eigenvalue weighted by Gasteiger charge is -2.38. The highest BCUT2D eigenvalue weighted by Gasteiger charge is 2.39. The van der Waals surface area contributed by atoms with Crippen molar-refractivity contribution >= 4 is 44.6 Å². The van der Waals surface area contributed by atoms with E-state index in [-0.39, 0.29) is 11.6 Å². The van der Waals surface area contributed by atoms with E-state index in [1.165, 1.54) is 37.3 Å². The van der Waals surface area contributed by atoms with Crippen molar-refractivity contribution in [3.05, 3.63) is 120 Å². The molecule has 0 saturated carbocycles. The third-order valence-electron chi connectivity index (χ3n) is 8.67. The molecule has 206 valence electrons. The van der Waals surface area contributed by atoms with Crippen LogP contribution in [0.15, 0.2) is 119 Å². The topological polar surface area (TPSA) is 44.9 Å². The quantitative estimate of drug-likeness (QED) is 0.233. The fourth-order valence-electron chi connectivity index (χ4n) is 6.56. The molecule has 0 spiro atoms. The van der Waals surface area contributed by atoms with Crippen LogP contribution in [0.2, 0.25) is 0 Å². The van der Waals surface area contributed by atoms with Crippen molar-refractivity contribution in [2.24, 2.45) is 22.4 Å². The van der Waals surface area contributed by atoms with Gasteiger partial charge in [0.2, 0.25) is 5.96 Å². The summed E-state index contributed by atoms with van der Waals surface area (Å²) in [5, 5.41) is 4.94. The molecule has 0 amide bonds. The molecule has 5 aromatic rings. The van der Waals surface area contributed by atoms with Gasteiger partial charge in [-0.3, -0.25) is 4.90 Å². The minimum atomic E-state index is -0.208. The van der Waals surface area contributed by atoms with Gasteiger partial charge >= 0.3 is 0 Å². The molecule has 2 aromatic heterocycles. The predicted octanol–water partition coefficient (Wildman–Crippen LogP) is 8.59. The van der Waals surface area contributed by atoms with Gasteiger partial charge in [-0.1, -0.05) is 98.0 Å².